The number of carbonyl (C=O) groups is 3. The van der Waals surface area contributed by atoms with Crippen molar-refractivity contribution in [3.05, 3.63) is 44.6 Å². The number of nitrogen functional groups attached to an aromatic ring is 1. The molecule has 2 aromatic rings. The molecule has 0 spiro atoms. The lowest BCUT2D eigenvalue weighted by molar-refractivity contribution is -0.142. The number of nitrogens with one attached hydrogen (secondary N) is 1. The number of thiophene rings is 1. The van der Waals surface area contributed by atoms with Gasteiger partial charge in [0.25, 0.3) is 5.91 Å². The molecule has 4 amide bonds. The van der Waals surface area contributed by atoms with Gasteiger partial charge in [0.05, 0.1) is 22.0 Å². The van der Waals surface area contributed by atoms with Crippen LogP contribution in [0.25, 0.3) is 0 Å². The van der Waals surface area contributed by atoms with Crippen molar-refractivity contribution >= 4 is 52.3 Å². The molecule has 274 valence electrons. The van der Waals surface area contributed by atoms with Gasteiger partial charge in [0.2, 0.25) is 0 Å². The zero-order chi connectivity index (χ0) is 35.6. The lowest BCUT2D eigenvalue weighted by Gasteiger charge is -2.40. The summed E-state index contributed by atoms with van der Waals surface area (Å²) >= 11 is 7.67. The summed E-state index contributed by atoms with van der Waals surface area (Å²) in [5.74, 6) is -0.447. The number of fused-ring (bicyclic) bond motifs is 1. The van der Waals surface area contributed by atoms with Gasteiger partial charge in [-0.05, 0) is 87.3 Å². The fraction of sp³-hybridized carbons (Fsp3) is 0.618. The predicted octanol–water partition coefficient (Wildman–Crippen LogP) is 5.23. The van der Waals surface area contributed by atoms with Crippen molar-refractivity contribution < 1.29 is 32.3 Å². The second kappa shape index (κ2) is 15.5. The first-order chi connectivity index (χ1) is 23.9. The molecule has 0 saturated carbocycles. The number of anilines is 2. The number of rotatable bonds is 6. The second-order valence-corrected chi connectivity index (χ2v) is 14.9. The van der Waals surface area contributed by atoms with Crippen molar-refractivity contribution in [1.82, 2.24) is 24.5 Å². The Bertz CT molecular complexity index is 1540. The summed E-state index contributed by atoms with van der Waals surface area (Å²) in [6, 6.07) is 2.25. The first-order valence-electron chi connectivity index (χ1n) is 17.3. The highest BCUT2D eigenvalue weighted by Crippen LogP contribution is 2.38. The van der Waals surface area contributed by atoms with E-state index in [1.165, 1.54) is 11.0 Å². The van der Waals surface area contributed by atoms with E-state index in [0.717, 1.165) is 69.2 Å². The number of benzene rings is 1. The van der Waals surface area contributed by atoms with E-state index in [2.05, 4.69) is 22.2 Å². The molecule has 0 unspecified atom stereocenters. The van der Waals surface area contributed by atoms with Crippen molar-refractivity contribution in [3.63, 3.8) is 0 Å². The molecule has 5 heterocycles. The Balaban J connectivity index is 1.12. The molecule has 0 radical (unpaired) electrons. The molecule has 11 nitrogen and oxygen atoms in total. The maximum absolute atomic E-state index is 14.0. The number of piperidine rings is 2. The van der Waals surface area contributed by atoms with Gasteiger partial charge in [-0.2, -0.15) is 13.2 Å². The summed E-state index contributed by atoms with van der Waals surface area (Å²) in [7, 11) is 2.12. The molecule has 3 saturated heterocycles. The van der Waals surface area contributed by atoms with E-state index in [0.29, 0.717) is 51.6 Å². The normalized spacial score (nSPS) is 21.3. The minimum atomic E-state index is -4.76. The number of nitrogens with zero attached hydrogens (tertiary/aromatic N) is 5. The molecule has 16 heteroatoms. The van der Waals surface area contributed by atoms with Gasteiger partial charge in [-0.25, -0.2) is 9.59 Å². The zero-order valence-corrected chi connectivity index (χ0v) is 29.8. The van der Waals surface area contributed by atoms with Crippen molar-refractivity contribution in [3.8, 4) is 0 Å². The fourth-order valence-electron chi connectivity index (χ4n) is 7.57. The number of amides is 4. The average molecular weight is 740 g/mol. The summed E-state index contributed by atoms with van der Waals surface area (Å²) in [4.78, 5) is 50.3. The summed E-state index contributed by atoms with van der Waals surface area (Å²) < 4.78 is 47.3. The Labute approximate surface area is 299 Å². The third kappa shape index (κ3) is 8.43. The molecule has 0 aliphatic carbocycles. The van der Waals surface area contributed by atoms with Crippen LogP contribution < -0.4 is 11.1 Å². The lowest BCUT2D eigenvalue weighted by atomic mass is 9.99. The average Bonchev–Trinajstić information content (AvgIpc) is 3.32. The second-order valence-electron chi connectivity index (χ2n) is 13.8. The van der Waals surface area contributed by atoms with E-state index < -0.39 is 35.5 Å². The number of likely N-dealkylation sites (tertiary alicyclic amines) is 2. The number of urea groups is 1. The molecule has 1 atom stereocenters. The quantitative estimate of drug-likeness (QED) is 0.390. The number of halogens is 4. The molecule has 1 aromatic heterocycles. The third-order valence-electron chi connectivity index (χ3n) is 10.5. The highest BCUT2D eigenvalue weighted by Gasteiger charge is 2.38. The van der Waals surface area contributed by atoms with Crippen LogP contribution in [0, 0.1) is 0 Å². The van der Waals surface area contributed by atoms with Gasteiger partial charge >= 0.3 is 18.3 Å². The van der Waals surface area contributed by atoms with Gasteiger partial charge in [0.15, 0.2) is 6.10 Å². The van der Waals surface area contributed by atoms with Crippen LogP contribution in [0.4, 0.5) is 34.1 Å². The molecule has 3 N–H and O–H groups in total. The standard InChI is InChI=1S/C34H45ClF3N7O4S/c1-41-8-2-9-42(16-15-41)24-4-10-43(11-5-24)31(46)29(19-22-17-26(34(36,37)38)30(39)27(35)18-22)49-33(48)44-12-6-25(7-13-44)45-14-3-23-20-50-21-28(23)40-32(45)47/h17-18,20-21,24-25,29H,2-16,19,39H2,1H3,(H,40,47)/t29-/m1/s1. The smallest absolute Gasteiger partial charge is 0.418 e. The number of nitrogens with two attached hydrogens (primary N) is 1. The minimum absolute atomic E-state index is 0.0761. The SMILES string of the molecule is CN1CCCN(C2CCN(C(=O)[C@@H](Cc3cc(Cl)c(N)c(C(F)(F)F)c3)OC(=O)N3CCC(N4CCc5cscc5NC4=O)CC3)CC2)CC1. The first-order valence-corrected chi connectivity index (χ1v) is 18.6. The maximum atomic E-state index is 14.0. The summed E-state index contributed by atoms with van der Waals surface area (Å²) in [6.07, 6.45) is -2.75. The van der Waals surface area contributed by atoms with E-state index >= 15 is 0 Å². The van der Waals surface area contributed by atoms with Gasteiger partial charge < -0.3 is 35.4 Å². The Hall–Kier alpha value is -3.27. The summed E-state index contributed by atoms with van der Waals surface area (Å²) in [5, 5.41) is 6.65. The van der Waals surface area contributed by atoms with Gasteiger partial charge in [0.1, 0.15) is 0 Å². The Kier molecular flexibility index (Phi) is 11.4. The third-order valence-corrected chi connectivity index (χ3v) is 11.6. The summed E-state index contributed by atoms with van der Waals surface area (Å²) in [6.45, 7) is 6.08. The highest BCUT2D eigenvalue weighted by atomic mass is 35.5. The number of likely N-dealkylation sites (N-methyl/N-ethyl adjacent to an activating group) is 1. The van der Waals surface area contributed by atoms with E-state index in [1.807, 2.05) is 15.7 Å². The van der Waals surface area contributed by atoms with Gasteiger partial charge in [-0.3, -0.25) is 9.69 Å². The monoisotopic (exact) mass is 739 g/mol. The molecule has 3 fully saturated rings. The topological polar surface area (TPSA) is 115 Å². The Morgan fingerprint density at radius 3 is 2.40 bits per heavy atom. The maximum Gasteiger partial charge on any atom is 0.418 e. The van der Waals surface area contributed by atoms with Crippen molar-refractivity contribution in [2.75, 3.05) is 77.0 Å². The van der Waals surface area contributed by atoms with Crippen LogP contribution in [-0.2, 0) is 28.5 Å². The number of hydrogen-bond acceptors (Lipinski definition) is 8. The summed E-state index contributed by atoms with van der Waals surface area (Å²) in [5.41, 5.74) is 5.99. The number of ether oxygens (including phenoxy) is 1. The number of carbonyl (C=O) groups excluding carboxylic acids is 3. The number of alkyl halides is 3. The van der Waals surface area contributed by atoms with Crippen LogP contribution in [0.3, 0.4) is 0 Å². The Morgan fingerprint density at radius 1 is 0.980 bits per heavy atom. The van der Waals surface area contributed by atoms with Crippen LogP contribution in [-0.4, -0.2) is 127 Å². The molecular weight excluding hydrogens is 695 g/mol. The predicted molar refractivity (Wildman–Crippen MR) is 186 cm³/mol. The lowest BCUT2D eigenvalue weighted by Crippen LogP contribution is -2.53. The largest absolute Gasteiger partial charge is 0.436 e. The van der Waals surface area contributed by atoms with Crippen LogP contribution in [0.1, 0.15) is 48.8 Å². The Morgan fingerprint density at radius 2 is 1.68 bits per heavy atom. The highest BCUT2D eigenvalue weighted by molar-refractivity contribution is 7.08. The molecule has 50 heavy (non-hydrogen) atoms. The van der Waals surface area contributed by atoms with Crippen molar-refractivity contribution in [2.24, 2.45) is 0 Å². The van der Waals surface area contributed by atoms with E-state index in [1.54, 1.807) is 16.2 Å². The minimum Gasteiger partial charge on any atom is -0.436 e. The zero-order valence-electron chi connectivity index (χ0n) is 28.2. The molecule has 1 aromatic carbocycles. The van der Waals surface area contributed by atoms with Crippen LogP contribution in [0.15, 0.2) is 22.9 Å². The van der Waals surface area contributed by atoms with Gasteiger partial charge in [-0.15, -0.1) is 11.3 Å². The van der Waals surface area contributed by atoms with Crippen LogP contribution in [0.5, 0.6) is 0 Å². The van der Waals surface area contributed by atoms with E-state index in [4.69, 9.17) is 22.1 Å². The van der Waals surface area contributed by atoms with E-state index in [9.17, 15) is 27.6 Å². The molecule has 4 aliphatic rings. The van der Waals surface area contributed by atoms with Crippen molar-refractivity contribution in [1.29, 1.82) is 0 Å². The fourth-order valence-corrected chi connectivity index (χ4v) is 8.63. The molecular formula is C34H45ClF3N7O4S. The first kappa shape index (κ1) is 36.5. The molecule has 4 aliphatic heterocycles. The molecule has 0 bridgehead atoms. The molecule has 6 rings (SSSR count). The van der Waals surface area contributed by atoms with E-state index in [-0.39, 0.29) is 29.1 Å². The van der Waals surface area contributed by atoms with Crippen molar-refractivity contribution in [2.45, 2.75) is 69.3 Å². The number of hydrogen-bond donors (Lipinski definition) is 2. The van der Waals surface area contributed by atoms with Gasteiger partial charge in [0, 0.05) is 69.7 Å². The van der Waals surface area contributed by atoms with Crippen LogP contribution >= 0.6 is 22.9 Å². The van der Waals surface area contributed by atoms with Crippen LogP contribution in [0.2, 0.25) is 5.02 Å². The van der Waals surface area contributed by atoms with Gasteiger partial charge in [-0.1, -0.05) is 11.6 Å².